The fourth-order valence-electron chi connectivity index (χ4n) is 3.54. The van der Waals surface area contributed by atoms with E-state index < -0.39 is 0 Å². The standard InChI is InChI=1S/C19H31N/c1-6-18(4,5)16-9-11-19(20,12-10-16)17-8-7-14(2)15(3)13-17/h7-8,13,16H,6,9-12,20H2,1-5H3. The third-order valence-electron chi connectivity index (χ3n) is 5.98. The second kappa shape index (κ2) is 5.52. The van der Waals surface area contributed by atoms with Gasteiger partial charge in [-0.1, -0.05) is 45.4 Å². The Morgan fingerprint density at radius 3 is 2.25 bits per heavy atom. The number of rotatable bonds is 3. The van der Waals surface area contributed by atoms with Crippen molar-refractivity contribution in [2.45, 2.75) is 72.3 Å². The van der Waals surface area contributed by atoms with Gasteiger partial charge in [0.2, 0.25) is 0 Å². The number of hydrogen-bond acceptors (Lipinski definition) is 1. The summed E-state index contributed by atoms with van der Waals surface area (Å²) in [5.74, 6) is 0.829. The second-order valence-corrected chi connectivity index (χ2v) is 7.57. The van der Waals surface area contributed by atoms with Crippen LogP contribution in [0.2, 0.25) is 0 Å². The molecule has 0 bridgehead atoms. The van der Waals surface area contributed by atoms with Crippen molar-refractivity contribution < 1.29 is 0 Å². The van der Waals surface area contributed by atoms with Gasteiger partial charge < -0.3 is 5.73 Å². The Morgan fingerprint density at radius 1 is 1.15 bits per heavy atom. The average molecular weight is 273 g/mol. The van der Waals surface area contributed by atoms with Gasteiger partial charge in [0.25, 0.3) is 0 Å². The summed E-state index contributed by atoms with van der Waals surface area (Å²) in [5, 5.41) is 0. The molecular weight excluding hydrogens is 242 g/mol. The molecule has 1 aromatic rings. The predicted octanol–water partition coefficient (Wildman–Crippen LogP) is 5.08. The fourth-order valence-corrected chi connectivity index (χ4v) is 3.54. The van der Waals surface area contributed by atoms with Gasteiger partial charge in [0.05, 0.1) is 0 Å². The zero-order valence-electron chi connectivity index (χ0n) is 13.9. The summed E-state index contributed by atoms with van der Waals surface area (Å²) in [4.78, 5) is 0. The zero-order chi connectivity index (χ0) is 15.0. The van der Waals surface area contributed by atoms with E-state index in [9.17, 15) is 0 Å². The van der Waals surface area contributed by atoms with Crippen molar-refractivity contribution in [3.05, 3.63) is 34.9 Å². The molecule has 112 valence electrons. The molecule has 0 atom stereocenters. The maximum atomic E-state index is 6.75. The minimum Gasteiger partial charge on any atom is -0.321 e. The molecule has 0 radical (unpaired) electrons. The summed E-state index contributed by atoms with van der Waals surface area (Å²) in [6.45, 7) is 11.5. The predicted molar refractivity (Wildman–Crippen MR) is 87.8 cm³/mol. The number of nitrogens with two attached hydrogens (primary N) is 1. The molecule has 1 aromatic carbocycles. The first-order chi connectivity index (χ1) is 9.28. The van der Waals surface area contributed by atoms with E-state index in [0.717, 1.165) is 18.8 Å². The maximum absolute atomic E-state index is 6.75. The lowest BCUT2D eigenvalue weighted by Crippen LogP contribution is -2.42. The van der Waals surface area contributed by atoms with Crippen molar-refractivity contribution in [2.24, 2.45) is 17.1 Å². The van der Waals surface area contributed by atoms with Crippen LogP contribution in [0.5, 0.6) is 0 Å². The smallest absolute Gasteiger partial charge is 0.0409 e. The van der Waals surface area contributed by atoms with Crippen molar-refractivity contribution in [1.29, 1.82) is 0 Å². The van der Waals surface area contributed by atoms with Crippen molar-refractivity contribution >= 4 is 0 Å². The molecule has 1 nitrogen and oxygen atoms in total. The first-order valence-corrected chi connectivity index (χ1v) is 8.15. The third-order valence-corrected chi connectivity index (χ3v) is 5.98. The summed E-state index contributed by atoms with van der Waals surface area (Å²) < 4.78 is 0. The Morgan fingerprint density at radius 2 is 1.75 bits per heavy atom. The minimum absolute atomic E-state index is 0.0984. The SMILES string of the molecule is CCC(C)(C)C1CCC(N)(c2ccc(C)c(C)c2)CC1. The lowest BCUT2D eigenvalue weighted by Gasteiger charge is -2.43. The Labute approximate surface area is 125 Å². The lowest BCUT2D eigenvalue weighted by atomic mass is 9.64. The van der Waals surface area contributed by atoms with E-state index in [1.807, 2.05) is 0 Å². The Hall–Kier alpha value is -0.820. The third kappa shape index (κ3) is 2.93. The van der Waals surface area contributed by atoms with Gasteiger partial charge in [0.1, 0.15) is 0 Å². The van der Waals surface area contributed by atoms with E-state index in [4.69, 9.17) is 5.73 Å². The molecule has 0 heterocycles. The molecule has 1 heteroatoms. The molecule has 0 saturated heterocycles. The van der Waals surface area contributed by atoms with E-state index >= 15 is 0 Å². The summed E-state index contributed by atoms with van der Waals surface area (Å²) in [6, 6.07) is 6.77. The van der Waals surface area contributed by atoms with Crippen molar-refractivity contribution in [3.8, 4) is 0 Å². The van der Waals surface area contributed by atoms with Gasteiger partial charge in [-0.3, -0.25) is 0 Å². The molecule has 1 aliphatic carbocycles. The van der Waals surface area contributed by atoms with Crippen LogP contribution >= 0.6 is 0 Å². The Bertz CT molecular complexity index is 465. The van der Waals surface area contributed by atoms with Gasteiger partial charge in [0.15, 0.2) is 0 Å². The van der Waals surface area contributed by atoms with Crippen molar-refractivity contribution in [3.63, 3.8) is 0 Å². The summed E-state index contributed by atoms with van der Waals surface area (Å²) in [7, 11) is 0. The minimum atomic E-state index is -0.0984. The molecule has 1 aliphatic rings. The monoisotopic (exact) mass is 273 g/mol. The highest BCUT2D eigenvalue weighted by Gasteiger charge is 2.38. The highest BCUT2D eigenvalue weighted by Crippen LogP contribution is 2.45. The average Bonchev–Trinajstić information content (AvgIpc) is 2.42. The maximum Gasteiger partial charge on any atom is 0.0409 e. The summed E-state index contributed by atoms with van der Waals surface area (Å²) in [5.41, 5.74) is 11.2. The van der Waals surface area contributed by atoms with Crippen molar-refractivity contribution in [1.82, 2.24) is 0 Å². The largest absolute Gasteiger partial charge is 0.321 e. The van der Waals surface area contributed by atoms with Crippen molar-refractivity contribution in [2.75, 3.05) is 0 Å². The van der Waals surface area contributed by atoms with Crippen LogP contribution in [0.3, 0.4) is 0 Å². The van der Waals surface area contributed by atoms with Gasteiger partial charge >= 0.3 is 0 Å². The number of aryl methyl sites for hydroxylation is 2. The summed E-state index contributed by atoms with van der Waals surface area (Å²) in [6.07, 6.45) is 6.06. The van der Waals surface area contributed by atoms with Crippen LogP contribution in [0.15, 0.2) is 18.2 Å². The molecule has 1 fully saturated rings. The molecule has 20 heavy (non-hydrogen) atoms. The highest BCUT2D eigenvalue weighted by molar-refractivity contribution is 5.34. The van der Waals surface area contributed by atoms with E-state index in [1.165, 1.54) is 36.0 Å². The second-order valence-electron chi connectivity index (χ2n) is 7.57. The zero-order valence-corrected chi connectivity index (χ0v) is 13.9. The molecule has 1 saturated carbocycles. The van der Waals surface area contributed by atoms with Gasteiger partial charge in [-0.05, 0) is 67.6 Å². The molecule has 0 spiro atoms. The van der Waals surface area contributed by atoms with E-state index in [1.54, 1.807) is 0 Å². The first-order valence-electron chi connectivity index (χ1n) is 8.15. The van der Waals surface area contributed by atoms with Gasteiger partial charge in [-0.15, -0.1) is 0 Å². The van der Waals surface area contributed by atoms with Crippen LogP contribution < -0.4 is 5.73 Å². The lowest BCUT2D eigenvalue weighted by molar-refractivity contribution is 0.115. The number of hydrogen-bond donors (Lipinski definition) is 1. The van der Waals surface area contributed by atoms with Crippen LogP contribution in [0.4, 0.5) is 0 Å². The van der Waals surface area contributed by atoms with Crippen LogP contribution in [0.25, 0.3) is 0 Å². The van der Waals surface area contributed by atoms with E-state index in [0.29, 0.717) is 5.41 Å². The molecule has 2 N–H and O–H groups in total. The highest BCUT2D eigenvalue weighted by atomic mass is 14.8. The Balaban J connectivity index is 2.13. The van der Waals surface area contributed by atoms with Crippen LogP contribution in [0, 0.1) is 25.2 Å². The molecule has 0 amide bonds. The summed E-state index contributed by atoms with van der Waals surface area (Å²) >= 11 is 0. The fraction of sp³-hybridized carbons (Fsp3) is 0.684. The van der Waals surface area contributed by atoms with Gasteiger partial charge in [-0.2, -0.15) is 0 Å². The van der Waals surface area contributed by atoms with E-state index in [-0.39, 0.29) is 5.54 Å². The first kappa shape index (κ1) is 15.6. The van der Waals surface area contributed by atoms with Crippen LogP contribution in [-0.2, 0) is 5.54 Å². The van der Waals surface area contributed by atoms with E-state index in [2.05, 4.69) is 52.8 Å². The van der Waals surface area contributed by atoms with Gasteiger partial charge in [-0.25, -0.2) is 0 Å². The molecular formula is C19H31N. The molecule has 0 aromatic heterocycles. The quantitative estimate of drug-likeness (QED) is 0.816. The Kier molecular flexibility index (Phi) is 4.30. The molecule has 0 aliphatic heterocycles. The number of benzene rings is 1. The van der Waals surface area contributed by atoms with Crippen LogP contribution in [0.1, 0.15) is 69.6 Å². The molecule has 0 unspecified atom stereocenters. The molecule has 2 rings (SSSR count). The van der Waals surface area contributed by atoms with Gasteiger partial charge in [0, 0.05) is 5.54 Å². The topological polar surface area (TPSA) is 26.0 Å². The van der Waals surface area contributed by atoms with Crippen LogP contribution in [-0.4, -0.2) is 0 Å². The normalized spacial score (nSPS) is 27.6.